The Hall–Kier alpha value is -1.10. The summed E-state index contributed by atoms with van der Waals surface area (Å²) >= 11 is 1.50. The molecule has 0 saturated heterocycles. The average molecular weight is 228 g/mol. The van der Waals surface area contributed by atoms with Gasteiger partial charge in [-0.05, 0) is 6.42 Å². The molecule has 15 heavy (non-hydrogen) atoms. The molecule has 0 radical (unpaired) electrons. The van der Waals surface area contributed by atoms with Crippen LogP contribution in [0, 0.1) is 0 Å². The van der Waals surface area contributed by atoms with Crippen LogP contribution in [0.4, 0.5) is 5.13 Å². The van der Waals surface area contributed by atoms with Crippen molar-refractivity contribution in [1.82, 2.24) is 4.98 Å². The first-order chi connectivity index (χ1) is 7.13. The second-order valence-electron chi connectivity index (χ2n) is 3.47. The molecule has 1 heterocycles. The number of carboxylic acid groups (broad SMARTS) is 1. The van der Waals surface area contributed by atoms with Crippen LogP contribution in [0.25, 0.3) is 0 Å². The summed E-state index contributed by atoms with van der Waals surface area (Å²) in [7, 11) is 1.99. The Kier molecular flexibility index (Phi) is 4.55. The lowest BCUT2D eigenvalue weighted by Crippen LogP contribution is -2.18. The number of hydrogen-bond donors (Lipinski definition) is 1. The number of carbonyl (C=O) groups is 1. The minimum absolute atomic E-state index is 0.0120. The molecule has 1 aromatic heterocycles. The summed E-state index contributed by atoms with van der Waals surface area (Å²) in [6.07, 6.45) is 2.29. The van der Waals surface area contributed by atoms with Gasteiger partial charge in [-0.25, -0.2) is 4.98 Å². The van der Waals surface area contributed by atoms with Crippen molar-refractivity contribution in [2.45, 2.75) is 26.2 Å². The highest BCUT2D eigenvalue weighted by Gasteiger charge is 2.08. The van der Waals surface area contributed by atoms with Gasteiger partial charge in [0.15, 0.2) is 5.13 Å². The van der Waals surface area contributed by atoms with E-state index in [0.29, 0.717) is 5.69 Å². The molecule has 0 aliphatic carbocycles. The SMILES string of the molecule is CCCCN(C)c1nc(CC(=O)O)cs1. The molecular weight excluding hydrogens is 212 g/mol. The van der Waals surface area contributed by atoms with E-state index in [2.05, 4.69) is 16.8 Å². The maximum absolute atomic E-state index is 10.5. The van der Waals surface area contributed by atoms with E-state index in [9.17, 15) is 4.79 Å². The van der Waals surface area contributed by atoms with Crippen LogP contribution in [-0.2, 0) is 11.2 Å². The highest BCUT2D eigenvalue weighted by molar-refractivity contribution is 7.13. The van der Waals surface area contributed by atoms with Crippen LogP contribution in [0.2, 0.25) is 0 Å². The zero-order valence-electron chi connectivity index (χ0n) is 9.06. The molecule has 0 aliphatic heterocycles. The molecule has 1 rings (SSSR count). The van der Waals surface area contributed by atoms with Crippen LogP contribution in [0.3, 0.4) is 0 Å². The maximum Gasteiger partial charge on any atom is 0.309 e. The van der Waals surface area contributed by atoms with E-state index in [-0.39, 0.29) is 6.42 Å². The Labute approximate surface area is 93.6 Å². The lowest BCUT2D eigenvalue weighted by atomic mass is 10.3. The molecule has 5 heteroatoms. The van der Waals surface area contributed by atoms with Gasteiger partial charge in [0.2, 0.25) is 0 Å². The van der Waals surface area contributed by atoms with Crippen molar-refractivity contribution in [3.05, 3.63) is 11.1 Å². The molecular formula is C10H16N2O2S. The Bertz CT molecular complexity index is 325. The minimum atomic E-state index is -0.830. The Morgan fingerprint density at radius 3 is 3.00 bits per heavy atom. The quantitative estimate of drug-likeness (QED) is 0.809. The number of anilines is 1. The van der Waals surface area contributed by atoms with Crippen molar-refractivity contribution in [1.29, 1.82) is 0 Å². The predicted octanol–water partition coefficient (Wildman–Crippen LogP) is 2.01. The molecule has 0 unspecified atom stereocenters. The van der Waals surface area contributed by atoms with Crippen LogP contribution >= 0.6 is 11.3 Å². The molecule has 0 saturated carbocycles. The van der Waals surface area contributed by atoms with Gasteiger partial charge in [0.1, 0.15) is 0 Å². The second-order valence-corrected chi connectivity index (χ2v) is 4.30. The molecule has 0 amide bonds. The highest BCUT2D eigenvalue weighted by atomic mass is 32.1. The number of nitrogens with zero attached hydrogens (tertiary/aromatic N) is 2. The van der Waals surface area contributed by atoms with Crippen LogP contribution in [-0.4, -0.2) is 29.7 Å². The van der Waals surface area contributed by atoms with E-state index in [1.807, 2.05) is 12.4 Å². The Balaban J connectivity index is 2.54. The summed E-state index contributed by atoms with van der Waals surface area (Å²) in [5, 5.41) is 11.3. The monoisotopic (exact) mass is 228 g/mol. The molecule has 0 bridgehead atoms. The Morgan fingerprint density at radius 1 is 1.67 bits per heavy atom. The summed E-state index contributed by atoms with van der Waals surface area (Å²) in [5.74, 6) is -0.830. The van der Waals surface area contributed by atoms with Crippen LogP contribution < -0.4 is 4.90 Å². The number of aliphatic carboxylic acids is 1. The van der Waals surface area contributed by atoms with Gasteiger partial charge in [-0.3, -0.25) is 4.79 Å². The van der Waals surface area contributed by atoms with Gasteiger partial charge in [-0.15, -0.1) is 11.3 Å². The molecule has 0 atom stereocenters. The van der Waals surface area contributed by atoms with Crippen molar-refractivity contribution in [3.8, 4) is 0 Å². The summed E-state index contributed by atoms with van der Waals surface area (Å²) in [5.41, 5.74) is 0.644. The van der Waals surface area contributed by atoms with Crippen LogP contribution in [0.5, 0.6) is 0 Å². The third-order valence-corrected chi connectivity index (χ3v) is 3.05. The van der Waals surface area contributed by atoms with Crippen LogP contribution in [0.15, 0.2) is 5.38 Å². The fraction of sp³-hybridized carbons (Fsp3) is 0.600. The van der Waals surface area contributed by atoms with Gasteiger partial charge in [-0.1, -0.05) is 13.3 Å². The van der Waals surface area contributed by atoms with E-state index in [4.69, 9.17) is 5.11 Å². The summed E-state index contributed by atoms with van der Waals surface area (Å²) in [4.78, 5) is 16.8. The third-order valence-electron chi connectivity index (χ3n) is 2.05. The van der Waals surface area contributed by atoms with Crippen molar-refractivity contribution in [3.63, 3.8) is 0 Å². The number of rotatable bonds is 6. The van der Waals surface area contributed by atoms with E-state index < -0.39 is 5.97 Å². The van der Waals surface area contributed by atoms with Gasteiger partial charge in [0, 0.05) is 19.0 Å². The molecule has 0 aromatic carbocycles. The van der Waals surface area contributed by atoms with Crippen molar-refractivity contribution < 1.29 is 9.90 Å². The summed E-state index contributed by atoms with van der Waals surface area (Å²) in [6.45, 7) is 3.11. The average Bonchev–Trinajstić information content (AvgIpc) is 2.61. The number of hydrogen-bond acceptors (Lipinski definition) is 4. The van der Waals surface area contributed by atoms with Crippen molar-refractivity contribution in [2.24, 2.45) is 0 Å². The van der Waals surface area contributed by atoms with E-state index in [1.165, 1.54) is 11.3 Å². The molecule has 4 nitrogen and oxygen atoms in total. The first kappa shape index (κ1) is 12.0. The topological polar surface area (TPSA) is 53.4 Å². The lowest BCUT2D eigenvalue weighted by Gasteiger charge is -2.14. The maximum atomic E-state index is 10.5. The number of carboxylic acids is 1. The lowest BCUT2D eigenvalue weighted by molar-refractivity contribution is -0.136. The molecule has 84 valence electrons. The molecule has 1 N–H and O–H groups in total. The molecule has 0 spiro atoms. The van der Waals surface area contributed by atoms with Gasteiger partial charge in [-0.2, -0.15) is 0 Å². The van der Waals surface area contributed by atoms with Gasteiger partial charge in [0.05, 0.1) is 12.1 Å². The second kappa shape index (κ2) is 5.70. The van der Waals surface area contributed by atoms with E-state index in [0.717, 1.165) is 24.5 Å². The minimum Gasteiger partial charge on any atom is -0.481 e. The molecule has 0 aliphatic rings. The molecule has 0 fully saturated rings. The standard InChI is InChI=1S/C10H16N2O2S/c1-3-4-5-12(2)10-11-8(7-15-10)6-9(13)14/h7H,3-6H2,1-2H3,(H,13,14). The first-order valence-corrected chi connectivity index (χ1v) is 5.88. The van der Waals surface area contributed by atoms with Crippen molar-refractivity contribution >= 4 is 22.4 Å². The summed E-state index contributed by atoms with van der Waals surface area (Å²) < 4.78 is 0. The normalized spacial score (nSPS) is 10.3. The number of thiazole rings is 1. The van der Waals surface area contributed by atoms with Crippen LogP contribution in [0.1, 0.15) is 25.5 Å². The zero-order valence-corrected chi connectivity index (χ0v) is 9.88. The molecule has 1 aromatic rings. The van der Waals surface area contributed by atoms with Crippen molar-refractivity contribution in [2.75, 3.05) is 18.5 Å². The van der Waals surface area contributed by atoms with Gasteiger partial charge in [0.25, 0.3) is 0 Å². The Morgan fingerprint density at radius 2 is 2.40 bits per heavy atom. The van der Waals surface area contributed by atoms with E-state index in [1.54, 1.807) is 0 Å². The zero-order chi connectivity index (χ0) is 11.3. The summed E-state index contributed by atoms with van der Waals surface area (Å²) in [6, 6.07) is 0. The van der Waals surface area contributed by atoms with Gasteiger partial charge < -0.3 is 10.0 Å². The smallest absolute Gasteiger partial charge is 0.309 e. The number of unbranched alkanes of at least 4 members (excludes halogenated alkanes) is 1. The third kappa shape index (κ3) is 3.87. The fourth-order valence-electron chi connectivity index (χ4n) is 1.20. The number of aromatic nitrogens is 1. The highest BCUT2D eigenvalue weighted by Crippen LogP contribution is 2.19. The van der Waals surface area contributed by atoms with E-state index >= 15 is 0 Å². The predicted molar refractivity (Wildman–Crippen MR) is 61.6 cm³/mol. The first-order valence-electron chi connectivity index (χ1n) is 5.00. The largest absolute Gasteiger partial charge is 0.481 e. The fourth-order valence-corrected chi connectivity index (χ4v) is 2.02. The van der Waals surface area contributed by atoms with Gasteiger partial charge >= 0.3 is 5.97 Å².